The molecule has 0 heterocycles. The van der Waals surface area contributed by atoms with Gasteiger partial charge in [-0.1, -0.05) is 12.6 Å². The summed E-state index contributed by atoms with van der Waals surface area (Å²) in [5.74, 6) is 1.48. The zero-order chi connectivity index (χ0) is 12.1. The summed E-state index contributed by atoms with van der Waals surface area (Å²) >= 11 is 0. The zero-order valence-corrected chi connectivity index (χ0v) is 10.4. The van der Waals surface area contributed by atoms with Crippen molar-refractivity contribution in [3.05, 3.63) is 30.3 Å². The minimum Gasteiger partial charge on any atom is -0.493 e. The molecule has 1 aromatic carbocycles. The third kappa shape index (κ3) is 3.00. The van der Waals surface area contributed by atoms with Crippen LogP contribution in [-0.4, -0.2) is 39.8 Å². The van der Waals surface area contributed by atoms with Crippen LogP contribution >= 0.6 is 0 Å². The maximum Gasteiger partial charge on any atom is 0.161 e. The maximum atomic E-state index is 5.25. The molecule has 0 aromatic heterocycles. The summed E-state index contributed by atoms with van der Waals surface area (Å²) in [6, 6.07) is 5.84. The number of rotatable bonds is 5. The average molecular weight is 221 g/mol. The molecule has 0 spiro atoms. The first-order chi connectivity index (χ1) is 7.58. The van der Waals surface area contributed by atoms with Crippen LogP contribution in [0.1, 0.15) is 5.56 Å². The monoisotopic (exact) mass is 221 g/mol. The molecule has 88 valence electrons. The van der Waals surface area contributed by atoms with E-state index in [0.29, 0.717) is 0 Å². The van der Waals surface area contributed by atoms with Gasteiger partial charge in [0.2, 0.25) is 0 Å². The molecule has 0 unspecified atom stereocenters. The van der Waals surface area contributed by atoms with Crippen molar-refractivity contribution in [2.24, 2.45) is 0 Å². The van der Waals surface area contributed by atoms with E-state index in [-0.39, 0.29) is 0 Å². The number of likely N-dealkylation sites (N-methyl/N-ethyl adjacent to an activating group) is 1. The van der Waals surface area contributed by atoms with Crippen molar-refractivity contribution in [3.63, 3.8) is 0 Å². The second-order valence-electron chi connectivity index (χ2n) is 3.91. The topological polar surface area (TPSA) is 21.7 Å². The summed E-state index contributed by atoms with van der Waals surface area (Å²) in [6.45, 7) is 4.89. The molecule has 3 heteroatoms. The van der Waals surface area contributed by atoms with E-state index in [0.717, 1.165) is 29.2 Å². The highest BCUT2D eigenvalue weighted by molar-refractivity contribution is 5.67. The molecule has 0 aliphatic carbocycles. The van der Waals surface area contributed by atoms with Crippen LogP contribution in [-0.2, 0) is 0 Å². The van der Waals surface area contributed by atoms with Crippen LogP contribution in [0.4, 0.5) is 0 Å². The molecule has 0 bridgehead atoms. The Morgan fingerprint density at radius 3 is 2.31 bits per heavy atom. The highest BCUT2D eigenvalue weighted by Gasteiger charge is 2.07. The first-order valence-electron chi connectivity index (χ1n) is 5.13. The Labute approximate surface area is 97.3 Å². The quantitative estimate of drug-likeness (QED) is 0.761. The van der Waals surface area contributed by atoms with E-state index < -0.39 is 0 Å². The van der Waals surface area contributed by atoms with Crippen molar-refractivity contribution in [3.8, 4) is 11.5 Å². The highest BCUT2D eigenvalue weighted by Crippen LogP contribution is 2.29. The maximum absolute atomic E-state index is 5.25. The van der Waals surface area contributed by atoms with Crippen LogP contribution in [0, 0.1) is 0 Å². The first kappa shape index (κ1) is 12.6. The summed E-state index contributed by atoms with van der Waals surface area (Å²) in [4.78, 5) is 2.08. The summed E-state index contributed by atoms with van der Waals surface area (Å²) in [5, 5.41) is 0. The van der Waals surface area contributed by atoms with Gasteiger partial charge in [-0.3, -0.25) is 0 Å². The number of benzene rings is 1. The van der Waals surface area contributed by atoms with E-state index in [1.807, 2.05) is 32.3 Å². The lowest BCUT2D eigenvalue weighted by Crippen LogP contribution is -2.14. The summed E-state index contributed by atoms with van der Waals surface area (Å²) in [5.41, 5.74) is 2.14. The van der Waals surface area contributed by atoms with E-state index >= 15 is 0 Å². The van der Waals surface area contributed by atoms with Gasteiger partial charge in [0.25, 0.3) is 0 Å². The summed E-state index contributed by atoms with van der Waals surface area (Å²) in [6.07, 6.45) is 0. The van der Waals surface area contributed by atoms with Crippen molar-refractivity contribution in [2.75, 3.05) is 34.9 Å². The van der Waals surface area contributed by atoms with Gasteiger partial charge in [-0.2, -0.15) is 0 Å². The SMILES string of the molecule is C=C(CN(C)C)c1ccc(OC)c(OC)c1. The highest BCUT2D eigenvalue weighted by atomic mass is 16.5. The third-order valence-corrected chi connectivity index (χ3v) is 2.30. The lowest BCUT2D eigenvalue weighted by molar-refractivity contribution is 0.355. The van der Waals surface area contributed by atoms with Gasteiger partial charge in [0, 0.05) is 6.54 Å². The Hall–Kier alpha value is -1.48. The smallest absolute Gasteiger partial charge is 0.161 e. The standard InChI is InChI=1S/C13H19NO2/c1-10(9-14(2)3)11-6-7-12(15-4)13(8-11)16-5/h6-8H,1,9H2,2-5H3. The molecule has 0 N–H and O–H groups in total. The van der Waals surface area contributed by atoms with E-state index in [2.05, 4.69) is 11.5 Å². The normalized spacial score (nSPS) is 10.3. The van der Waals surface area contributed by atoms with E-state index in [1.165, 1.54) is 0 Å². The molecule has 3 nitrogen and oxygen atoms in total. The average Bonchev–Trinajstić information content (AvgIpc) is 2.27. The minimum atomic E-state index is 0.736. The van der Waals surface area contributed by atoms with Crippen LogP contribution < -0.4 is 9.47 Å². The van der Waals surface area contributed by atoms with Crippen molar-refractivity contribution in [1.29, 1.82) is 0 Å². The van der Waals surface area contributed by atoms with Crippen molar-refractivity contribution >= 4 is 5.57 Å². The molecule has 0 radical (unpaired) electrons. The second-order valence-corrected chi connectivity index (χ2v) is 3.91. The van der Waals surface area contributed by atoms with Gasteiger partial charge in [0.1, 0.15) is 0 Å². The van der Waals surface area contributed by atoms with Gasteiger partial charge in [-0.15, -0.1) is 0 Å². The fourth-order valence-electron chi connectivity index (χ4n) is 1.53. The first-order valence-corrected chi connectivity index (χ1v) is 5.13. The Kier molecular flexibility index (Phi) is 4.38. The molecule has 16 heavy (non-hydrogen) atoms. The number of methoxy groups -OCH3 is 2. The van der Waals surface area contributed by atoms with E-state index in [9.17, 15) is 0 Å². The molecule has 0 saturated carbocycles. The lowest BCUT2D eigenvalue weighted by atomic mass is 10.1. The lowest BCUT2D eigenvalue weighted by Gasteiger charge is -2.14. The van der Waals surface area contributed by atoms with Gasteiger partial charge in [0.05, 0.1) is 14.2 Å². The number of ether oxygens (including phenoxy) is 2. The van der Waals surface area contributed by atoms with Crippen LogP contribution in [0.3, 0.4) is 0 Å². The number of hydrogen-bond acceptors (Lipinski definition) is 3. The van der Waals surface area contributed by atoms with Crippen LogP contribution in [0.2, 0.25) is 0 Å². The number of hydrogen-bond donors (Lipinski definition) is 0. The molecule has 0 aliphatic heterocycles. The molecule has 1 aromatic rings. The molecule has 0 amide bonds. The van der Waals surface area contributed by atoms with Crippen molar-refractivity contribution < 1.29 is 9.47 Å². The fourth-order valence-corrected chi connectivity index (χ4v) is 1.53. The fraction of sp³-hybridized carbons (Fsp3) is 0.385. The molecular formula is C13H19NO2. The summed E-state index contributed by atoms with van der Waals surface area (Å²) in [7, 11) is 7.31. The minimum absolute atomic E-state index is 0.736. The van der Waals surface area contributed by atoms with Crippen LogP contribution in [0.5, 0.6) is 11.5 Å². The predicted octanol–water partition coefficient (Wildman–Crippen LogP) is 2.28. The van der Waals surface area contributed by atoms with Gasteiger partial charge in [-0.05, 0) is 37.4 Å². The van der Waals surface area contributed by atoms with Gasteiger partial charge < -0.3 is 14.4 Å². The molecular weight excluding hydrogens is 202 g/mol. The van der Waals surface area contributed by atoms with Crippen LogP contribution in [0.15, 0.2) is 24.8 Å². The van der Waals surface area contributed by atoms with Gasteiger partial charge in [0.15, 0.2) is 11.5 Å². The van der Waals surface area contributed by atoms with Gasteiger partial charge in [-0.25, -0.2) is 0 Å². The van der Waals surface area contributed by atoms with Crippen molar-refractivity contribution in [2.45, 2.75) is 0 Å². The second kappa shape index (κ2) is 5.56. The molecule has 1 rings (SSSR count). The Morgan fingerprint density at radius 1 is 1.19 bits per heavy atom. The largest absolute Gasteiger partial charge is 0.493 e. The van der Waals surface area contributed by atoms with Crippen LogP contribution in [0.25, 0.3) is 5.57 Å². The number of nitrogens with zero attached hydrogens (tertiary/aromatic N) is 1. The summed E-state index contributed by atoms with van der Waals surface area (Å²) < 4.78 is 10.4. The zero-order valence-electron chi connectivity index (χ0n) is 10.4. The Balaban J connectivity index is 2.94. The Morgan fingerprint density at radius 2 is 1.81 bits per heavy atom. The molecule has 0 atom stereocenters. The molecule has 0 aliphatic rings. The van der Waals surface area contributed by atoms with Crippen molar-refractivity contribution in [1.82, 2.24) is 4.90 Å². The molecule has 0 saturated heterocycles. The van der Waals surface area contributed by atoms with Gasteiger partial charge >= 0.3 is 0 Å². The van der Waals surface area contributed by atoms with E-state index in [4.69, 9.17) is 9.47 Å². The Bertz CT molecular complexity index is 372. The third-order valence-electron chi connectivity index (χ3n) is 2.30. The van der Waals surface area contributed by atoms with E-state index in [1.54, 1.807) is 14.2 Å². The predicted molar refractivity (Wildman–Crippen MR) is 67.1 cm³/mol. The molecule has 0 fully saturated rings.